The number of thioether (sulfide) groups is 2. The summed E-state index contributed by atoms with van der Waals surface area (Å²) < 4.78 is -0.566. The highest BCUT2D eigenvalue weighted by atomic mass is 32.2. The van der Waals surface area contributed by atoms with Crippen LogP contribution in [0.1, 0.15) is 13.8 Å². The molecule has 0 saturated carbocycles. The van der Waals surface area contributed by atoms with Gasteiger partial charge in [-0.15, -0.1) is 30.1 Å². The van der Waals surface area contributed by atoms with Crippen molar-refractivity contribution >= 4 is 41.3 Å². The highest BCUT2D eigenvalue weighted by molar-refractivity contribution is 8.01. The number of carbonyl (C=O) groups is 3. The molecule has 0 aromatic heterocycles. The van der Waals surface area contributed by atoms with Crippen LogP contribution in [0.25, 0.3) is 0 Å². The Hall–Kier alpha value is -1.15. The molecule has 2 rings (SSSR count). The van der Waals surface area contributed by atoms with Gasteiger partial charge in [0.1, 0.15) is 17.5 Å². The molecule has 2 aliphatic rings. The molecule has 0 radical (unpaired) electrons. The molecule has 6 nitrogen and oxygen atoms in total. The quantitative estimate of drug-likeness (QED) is 0.420. The van der Waals surface area contributed by atoms with E-state index in [1.165, 1.54) is 28.4 Å². The zero-order valence-electron chi connectivity index (χ0n) is 11.9. The van der Waals surface area contributed by atoms with Crippen LogP contribution in [0.3, 0.4) is 0 Å². The lowest BCUT2D eigenvalue weighted by Gasteiger charge is -2.43. The number of rotatable bonds is 6. The third-order valence-corrected chi connectivity index (χ3v) is 5.97. The van der Waals surface area contributed by atoms with E-state index in [1.807, 2.05) is 0 Å². The second kappa shape index (κ2) is 5.92. The van der Waals surface area contributed by atoms with Crippen molar-refractivity contribution in [3.8, 4) is 0 Å². The third-order valence-electron chi connectivity index (χ3n) is 3.46. The van der Waals surface area contributed by atoms with Crippen molar-refractivity contribution in [2.45, 2.75) is 36.1 Å². The van der Waals surface area contributed by atoms with Crippen LogP contribution in [-0.2, 0) is 14.4 Å². The highest BCUT2D eigenvalue weighted by Crippen LogP contribution is 2.50. The largest absolute Gasteiger partial charge is 0.480 e. The minimum Gasteiger partial charge on any atom is -0.480 e. The average Bonchev–Trinajstić information content (AvgIpc) is 2.65. The maximum Gasteiger partial charge on any atom is 0.327 e. The second-order valence-electron chi connectivity index (χ2n) is 5.45. The monoisotopic (exact) mass is 330 g/mol. The summed E-state index contributed by atoms with van der Waals surface area (Å²) in [7, 11) is 0. The SMILES string of the molecule is C=CCSCC(=O)N[C@@H]1C(=O)N2[C@@H]1SC(C)(C)[C@@H]2C(=O)O. The first-order valence-corrected chi connectivity index (χ1v) is 8.54. The maximum atomic E-state index is 12.1. The topological polar surface area (TPSA) is 86.7 Å². The van der Waals surface area contributed by atoms with Crippen LogP contribution in [0, 0.1) is 0 Å². The van der Waals surface area contributed by atoms with Crippen molar-refractivity contribution in [2.24, 2.45) is 0 Å². The van der Waals surface area contributed by atoms with Gasteiger partial charge in [0.05, 0.1) is 5.75 Å². The Morgan fingerprint density at radius 1 is 1.57 bits per heavy atom. The van der Waals surface area contributed by atoms with E-state index in [2.05, 4.69) is 11.9 Å². The van der Waals surface area contributed by atoms with Gasteiger partial charge in [-0.2, -0.15) is 0 Å². The first kappa shape index (κ1) is 16.2. The zero-order chi connectivity index (χ0) is 15.8. The van der Waals surface area contributed by atoms with Crippen molar-refractivity contribution in [1.82, 2.24) is 10.2 Å². The Kier molecular flexibility index (Phi) is 4.57. The fourth-order valence-electron chi connectivity index (χ4n) is 2.60. The van der Waals surface area contributed by atoms with E-state index in [0.29, 0.717) is 5.75 Å². The molecule has 0 aromatic carbocycles. The number of nitrogens with one attached hydrogen (secondary N) is 1. The van der Waals surface area contributed by atoms with E-state index >= 15 is 0 Å². The molecule has 2 heterocycles. The average molecular weight is 330 g/mol. The van der Waals surface area contributed by atoms with Gasteiger partial charge in [-0.25, -0.2) is 4.79 Å². The van der Waals surface area contributed by atoms with Crippen molar-refractivity contribution in [3.63, 3.8) is 0 Å². The summed E-state index contributed by atoms with van der Waals surface area (Å²) in [6, 6.07) is -1.46. The number of amides is 2. The maximum absolute atomic E-state index is 12.1. The van der Waals surface area contributed by atoms with Crippen LogP contribution in [0.2, 0.25) is 0 Å². The van der Waals surface area contributed by atoms with Crippen molar-refractivity contribution in [2.75, 3.05) is 11.5 Å². The van der Waals surface area contributed by atoms with E-state index in [9.17, 15) is 19.5 Å². The van der Waals surface area contributed by atoms with E-state index in [4.69, 9.17) is 0 Å². The number of fused-ring (bicyclic) bond motifs is 1. The number of carboxylic acids is 1. The van der Waals surface area contributed by atoms with E-state index in [-0.39, 0.29) is 22.9 Å². The number of β-lactam (4-membered cyclic amide) rings is 1. The molecule has 0 aliphatic carbocycles. The molecule has 2 amide bonds. The minimum atomic E-state index is -1.00. The molecule has 21 heavy (non-hydrogen) atoms. The summed E-state index contributed by atoms with van der Waals surface area (Å²) in [4.78, 5) is 36.6. The standard InChI is InChI=1S/C13H18N2O4S2/c1-4-5-20-6-7(16)14-8-10(17)15-9(12(18)19)13(2,3)21-11(8)15/h4,8-9,11H,1,5-6H2,2-3H3,(H,14,16)(H,18,19)/t8-,9+,11-/m1/s1. The molecule has 8 heteroatoms. The number of hydrogen-bond acceptors (Lipinski definition) is 5. The van der Waals surface area contributed by atoms with Crippen molar-refractivity contribution in [3.05, 3.63) is 12.7 Å². The lowest BCUT2D eigenvalue weighted by Crippen LogP contribution is -2.70. The summed E-state index contributed by atoms with van der Waals surface area (Å²) >= 11 is 2.84. The molecule has 0 aromatic rings. The highest BCUT2D eigenvalue weighted by Gasteiger charge is 2.64. The number of carboxylic acid groups (broad SMARTS) is 1. The van der Waals surface area contributed by atoms with Gasteiger partial charge in [0.15, 0.2) is 0 Å². The van der Waals surface area contributed by atoms with Crippen LogP contribution >= 0.6 is 23.5 Å². The molecule has 2 saturated heterocycles. The van der Waals surface area contributed by atoms with E-state index < -0.39 is 22.8 Å². The van der Waals surface area contributed by atoms with Crippen LogP contribution in [0.4, 0.5) is 0 Å². The molecule has 0 spiro atoms. The number of carbonyl (C=O) groups excluding carboxylic acids is 2. The van der Waals surface area contributed by atoms with Gasteiger partial charge in [0.25, 0.3) is 0 Å². The molecule has 0 bridgehead atoms. The Morgan fingerprint density at radius 2 is 2.24 bits per heavy atom. The molecule has 0 unspecified atom stereocenters. The first-order chi connectivity index (χ1) is 9.79. The fraction of sp³-hybridized carbons (Fsp3) is 0.615. The Morgan fingerprint density at radius 3 is 2.81 bits per heavy atom. The van der Waals surface area contributed by atoms with E-state index in [0.717, 1.165) is 0 Å². The van der Waals surface area contributed by atoms with Crippen molar-refractivity contribution in [1.29, 1.82) is 0 Å². The Labute approximate surface area is 131 Å². The van der Waals surface area contributed by atoms with Gasteiger partial charge >= 0.3 is 5.97 Å². The molecular formula is C13H18N2O4S2. The lowest BCUT2D eigenvalue weighted by molar-refractivity contribution is -0.160. The smallest absolute Gasteiger partial charge is 0.327 e. The predicted molar refractivity (Wildman–Crippen MR) is 83.2 cm³/mol. The summed E-state index contributed by atoms with van der Waals surface area (Å²) in [5.41, 5.74) is 0. The molecule has 2 fully saturated rings. The van der Waals surface area contributed by atoms with Crippen LogP contribution in [0.5, 0.6) is 0 Å². The van der Waals surface area contributed by atoms with Crippen LogP contribution in [-0.4, -0.2) is 61.5 Å². The molecule has 2 aliphatic heterocycles. The normalized spacial score (nSPS) is 29.5. The second-order valence-corrected chi connectivity index (χ2v) is 8.25. The van der Waals surface area contributed by atoms with Gasteiger partial charge < -0.3 is 15.3 Å². The fourth-order valence-corrected chi connectivity index (χ4v) is 4.77. The summed E-state index contributed by atoms with van der Waals surface area (Å²) in [5.74, 6) is -0.595. The number of nitrogens with zero attached hydrogens (tertiary/aromatic N) is 1. The molecule has 3 atom stereocenters. The zero-order valence-corrected chi connectivity index (χ0v) is 13.5. The van der Waals surface area contributed by atoms with Gasteiger partial charge in [0.2, 0.25) is 11.8 Å². The van der Waals surface area contributed by atoms with E-state index in [1.54, 1.807) is 19.9 Å². The van der Waals surface area contributed by atoms with Crippen molar-refractivity contribution < 1.29 is 19.5 Å². The summed E-state index contributed by atoms with van der Waals surface area (Å²) in [6.45, 7) is 7.18. The number of hydrogen-bond donors (Lipinski definition) is 2. The number of aliphatic carboxylic acids is 1. The van der Waals surface area contributed by atoms with Gasteiger partial charge in [-0.05, 0) is 13.8 Å². The van der Waals surface area contributed by atoms with Gasteiger partial charge in [-0.3, -0.25) is 9.59 Å². The molecule has 2 N–H and O–H groups in total. The van der Waals surface area contributed by atoms with Gasteiger partial charge in [0, 0.05) is 10.5 Å². The minimum absolute atomic E-state index is 0.211. The van der Waals surface area contributed by atoms with Crippen LogP contribution in [0.15, 0.2) is 12.7 Å². The molecular weight excluding hydrogens is 312 g/mol. The lowest BCUT2D eigenvalue weighted by atomic mass is 9.96. The third kappa shape index (κ3) is 2.91. The molecule has 116 valence electrons. The Balaban J connectivity index is 1.98. The van der Waals surface area contributed by atoms with Gasteiger partial charge in [-0.1, -0.05) is 6.08 Å². The summed E-state index contributed by atoms with van der Waals surface area (Å²) in [5, 5.41) is 11.7. The van der Waals surface area contributed by atoms with Crippen LogP contribution < -0.4 is 5.32 Å². The summed E-state index contributed by atoms with van der Waals surface area (Å²) in [6.07, 6.45) is 1.71. The predicted octanol–water partition coefficient (Wildman–Crippen LogP) is 0.537. The Bertz CT molecular complexity index is 495. The first-order valence-electron chi connectivity index (χ1n) is 6.50.